The van der Waals surface area contributed by atoms with Crippen LogP contribution in [-0.4, -0.2) is 71.9 Å². The van der Waals surface area contributed by atoms with Gasteiger partial charge in [0.25, 0.3) is 0 Å². The first-order valence-electron chi connectivity index (χ1n) is 15.5. The van der Waals surface area contributed by atoms with Gasteiger partial charge in [0.05, 0.1) is 24.1 Å². The van der Waals surface area contributed by atoms with Gasteiger partial charge in [0.15, 0.2) is 0 Å². The molecule has 1 saturated heterocycles. The molecule has 3 rings (SSSR count). The lowest BCUT2D eigenvalue weighted by atomic mass is 10.1. The summed E-state index contributed by atoms with van der Waals surface area (Å²) in [5.74, 6) is -0.0997. The van der Waals surface area contributed by atoms with E-state index in [9.17, 15) is 24.0 Å². The van der Waals surface area contributed by atoms with Crippen molar-refractivity contribution in [3.8, 4) is 0 Å². The number of unbranched alkanes of at least 4 members (excludes halogenated alkanes) is 2. The molecule has 1 aliphatic rings. The number of ether oxygens (including phenoxy) is 1. The highest BCUT2D eigenvalue weighted by Gasteiger charge is 2.15. The molecular formula is C32H44N6O6S. The summed E-state index contributed by atoms with van der Waals surface area (Å²) in [6.07, 6.45) is 8.66. The van der Waals surface area contributed by atoms with Crippen molar-refractivity contribution in [3.63, 3.8) is 0 Å². The van der Waals surface area contributed by atoms with E-state index in [0.29, 0.717) is 49.0 Å². The van der Waals surface area contributed by atoms with Gasteiger partial charge in [-0.3, -0.25) is 19.4 Å². The first kappa shape index (κ1) is 35.4. The van der Waals surface area contributed by atoms with Crippen LogP contribution in [0.25, 0.3) is 0 Å². The van der Waals surface area contributed by atoms with Crippen molar-refractivity contribution in [2.75, 3.05) is 42.6 Å². The van der Waals surface area contributed by atoms with E-state index >= 15 is 0 Å². The van der Waals surface area contributed by atoms with E-state index < -0.39 is 5.97 Å². The van der Waals surface area contributed by atoms with Crippen LogP contribution in [0.2, 0.25) is 0 Å². The van der Waals surface area contributed by atoms with Crippen LogP contribution in [0.15, 0.2) is 42.7 Å². The molecule has 2 heterocycles. The zero-order chi connectivity index (χ0) is 32.3. The van der Waals surface area contributed by atoms with E-state index in [2.05, 4.69) is 31.6 Å². The molecule has 1 aromatic heterocycles. The summed E-state index contributed by atoms with van der Waals surface area (Å²) in [6, 6.07) is 8.84. The Morgan fingerprint density at radius 2 is 1.80 bits per heavy atom. The highest BCUT2D eigenvalue weighted by Crippen LogP contribution is 2.19. The van der Waals surface area contributed by atoms with E-state index in [0.717, 1.165) is 37.0 Å². The number of aryl methyl sites for hydroxylation is 1. The molecule has 1 aliphatic heterocycles. The van der Waals surface area contributed by atoms with E-state index in [1.807, 2.05) is 30.0 Å². The lowest BCUT2D eigenvalue weighted by molar-refractivity contribution is -0.121. The topological polar surface area (TPSA) is 168 Å². The summed E-state index contributed by atoms with van der Waals surface area (Å²) in [7, 11) is 0. The summed E-state index contributed by atoms with van der Waals surface area (Å²) in [5, 5.41) is 14.5. The molecule has 0 spiro atoms. The number of amides is 5. The number of rotatable bonds is 17. The minimum Gasteiger partial charge on any atom is -0.462 e. The predicted octanol–water partition coefficient (Wildman–Crippen LogP) is 4.03. The molecule has 1 aromatic carbocycles. The second-order valence-corrected chi connectivity index (χ2v) is 12.0. The summed E-state index contributed by atoms with van der Waals surface area (Å²) in [5.41, 5.74) is 2.19. The van der Waals surface area contributed by atoms with E-state index in [1.165, 1.54) is 18.5 Å². The van der Waals surface area contributed by atoms with Crippen LogP contribution in [-0.2, 0) is 25.5 Å². The second-order valence-electron chi connectivity index (χ2n) is 10.6. The number of nitrogens with zero attached hydrogens (tertiary/aromatic N) is 1. The van der Waals surface area contributed by atoms with Crippen molar-refractivity contribution >= 4 is 52.9 Å². The minimum atomic E-state index is -0.518. The monoisotopic (exact) mass is 640 g/mol. The molecule has 1 unspecified atom stereocenters. The van der Waals surface area contributed by atoms with E-state index in [4.69, 9.17) is 4.74 Å². The number of carbonyl (C=O) groups excluding carboxylic acids is 5. The first-order valence-corrected chi connectivity index (χ1v) is 16.6. The Morgan fingerprint density at radius 1 is 0.978 bits per heavy atom. The summed E-state index contributed by atoms with van der Waals surface area (Å²) in [6.45, 7) is 3.55. The van der Waals surface area contributed by atoms with Crippen molar-refractivity contribution in [1.82, 2.24) is 20.9 Å². The molecule has 0 bridgehead atoms. The van der Waals surface area contributed by atoms with Gasteiger partial charge in [-0.1, -0.05) is 25.0 Å². The average molecular weight is 641 g/mol. The molecule has 45 heavy (non-hydrogen) atoms. The number of benzene rings is 1. The van der Waals surface area contributed by atoms with Crippen LogP contribution in [0.1, 0.15) is 74.2 Å². The lowest BCUT2D eigenvalue weighted by Gasteiger charge is -2.20. The van der Waals surface area contributed by atoms with Gasteiger partial charge in [-0.2, -0.15) is 11.8 Å². The van der Waals surface area contributed by atoms with Gasteiger partial charge in [0.2, 0.25) is 17.7 Å². The van der Waals surface area contributed by atoms with E-state index in [-0.39, 0.29) is 55.3 Å². The predicted molar refractivity (Wildman–Crippen MR) is 175 cm³/mol. The molecule has 0 aliphatic carbocycles. The molecule has 244 valence electrons. The Bertz CT molecular complexity index is 1290. The van der Waals surface area contributed by atoms with Crippen LogP contribution in [0, 0.1) is 0 Å². The number of carbonyl (C=O) groups is 5. The fourth-order valence-corrected chi connectivity index (χ4v) is 5.80. The van der Waals surface area contributed by atoms with Crippen LogP contribution < -0.4 is 26.6 Å². The molecular weight excluding hydrogens is 596 g/mol. The maximum atomic E-state index is 12.5. The third-order valence-electron chi connectivity index (χ3n) is 7.01. The molecule has 2 aromatic rings. The number of thioether (sulfide) groups is 1. The molecule has 1 fully saturated rings. The van der Waals surface area contributed by atoms with Gasteiger partial charge in [0, 0.05) is 61.8 Å². The van der Waals surface area contributed by atoms with Gasteiger partial charge in [0.1, 0.15) is 0 Å². The van der Waals surface area contributed by atoms with Crippen LogP contribution in [0.5, 0.6) is 0 Å². The number of hydrogen-bond donors (Lipinski definition) is 5. The molecule has 5 N–H and O–H groups in total. The zero-order valence-electron chi connectivity index (χ0n) is 25.8. The Labute approximate surface area is 268 Å². The molecule has 1 atom stereocenters. The van der Waals surface area contributed by atoms with Gasteiger partial charge in [-0.25, -0.2) is 9.59 Å². The highest BCUT2D eigenvalue weighted by atomic mass is 32.2. The van der Waals surface area contributed by atoms with Crippen LogP contribution in [0.4, 0.5) is 16.2 Å². The summed E-state index contributed by atoms with van der Waals surface area (Å²) >= 11 is 1.86. The fourth-order valence-electron chi connectivity index (χ4n) is 4.72. The normalized spacial score (nSPS) is 14.6. The van der Waals surface area contributed by atoms with Crippen LogP contribution >= 0.6 is 11.8 Å². The molecule has 13 heteroatoms. The minimum absolute atomic E-state index is 0.0619. The molecule has 12 nitrogen and oxygen atoms in total. The maximum absolute atomic E-state index is 12.5. The third kappa shape index (κ3) is 14.0. The second kappa shape index (κ2) is 20.0. The van der Waals surface area contributed by atoms with Gasteiger partial charge in [-0.15, -0.1) is 0 Å². The van der Waals surface area contributed by atoms with Crippen molar-refractivity contribution in [1.29, 1.82) is 0 Å². The fraction of sp³-hybridized carbons (Fsp3) is 0.500. The smallest absolute Gasteiger partial charge is 0.340 e. The Balaban J connectivity index is 1.27. The van der Waals surface area contributed by atoms with Gasteiger partial charge >= 0.3 is 12.0 Å². The number of urea groups is 1. The first-order chi connectivity index (χ1) is 21.8. The highest BCUT2D eigenvalue weighted by molar-refractivity contribution is 7.99. The third-order valence-corrected chi connectivity index (χ3v) is 8.32. The average Bonchev–Trinajstić information content (AvgIpc) is 3.00. The molecule has 0 radical (unpaired) electrons. The zero-order valence-corrected chi connectivity index (χ0v) is 26.6. The molecule has 5 amide bonds. The van der Waals surface area contributed by atoms with Gasteiger partial charge < -0.3 is 31.3 Å². The Hall–Kier alpha value is -4.13. The largest absolute Gasteiger partial charge is 0.462 e. The molecule has 0 saturated carbocycles. The van der Waals surface area contributed by atoms with E-state index in [1.54, 1.807) is 13.0 Å². The number of nitrogens with one attached hydrogen (secondary N) is 5. The van der Waals surface area contributed by atoms with Crippen molar-refractivity contribution in [2.24, 2.45) is 0 Å². The summed E-state index contributed by atoms with van der Waals surface area (Å²) < 4.78 is 5.03. The lowest BCUT2D eigenvalue weighted by Crippen LogP contribution is -2.42. The maximum Gasteiger partial charge on any atom is 0.340 e. The summed E-state index contributed by atoms with van der Waals surface area (Å²) in [4.78, 5) is 64.6. The number of hydrogen-bond acceptors (Lipinski definition) is 8. The number of pyridine rings is 1. The quantitative estimate of drug-likeness (QED) is 0.128. The number of esters is 1. The van der Waals surface area contributed by atoms with Crippen LogP contribution in [0.3, 0.4) is 0 Å². The van der Waals surface area contributed by atoms with Crippen molar-refractivity contribution in [2.45, 2.75) is 70.0 Å². The van der Waals surface area contributed by atoms with Crippen molar-refractivity contribution in [3.05, 3.63) is 53.9 Å². The van der Waals surface area contributed by atoms with Crippen molar-refractivity contribution < 1.29 is 28.7 Å². The number of aromatic nitrogens is 1. The number of anilines is 2. The Morgan fingerprint density at radius 3 is 2.64 bits per heavy atom. The van der Waals surface area contributed by atoms with Gasteiger partial charge in [-0.05, 0) is 56.4 Å². The Kier molecular flexibility index (Phi) is 15.7. The standard InChI is InChI=1S/C32H44N6O6S/c1-2-44-31(42)26-14-16-33-22-27(26)38-29(40)13-7-9-23-8-6-10-24(20-23)37-30(41)15-17-34-28(39)12-5-3-4-11-25-21-36-32(43)35-18-19-45-25/h6,8,10,14,16,20,22,25H,2-5,7,9,11-13,15,17-19,21H2,1H3,(H,34,39)(H,37,41)(H,38,40)(H2,35,36,43). The SMILES string of the molecule is CCOC(=O)c1ccncc1NC(=O)CCCc1cccc(NC(=O)CCNC(=O)CCCCCC2CNC(=O)NCCS2)c1.